The van der Waals surface area contributed by atoms with Gasteiger partial charge in [-0.15, -0.1) is 0 Å². The van der Waals surface area contributed by atoms with Crippen LogP contribution in [0.5, 0.6) is 0 Å². The van der Waals surface area contributed by atoms with Gasteiger partial charge < -0.3 is 15.3 Å². The summed E-state index contributed by atoms with van der Waals surface area (Å²) in [6.07, 6.45) is 1.54. The average molecular weight is 521 g/mol. The summed E-state index contributed by atoms with van der Waals surface area (Å²) < 4.78 is 13.9. The molecule has 1 saturated heterocycles. The van der Waals surface area contributed by atoms with E-state index in [9.17, 15) is 23.9 Å². The fraction of sp³-hybridized carbons (Fsp3) is 0.379. The molecule has 38 heavy (non-hydrogen) atoms. The number of aromatic amines is 1. The Bertz CT molecular complexity index is 1410. The highest BCUT2D eigenvalue weighted by Crippen LogP contribution is 2.40. The Balaban J connectivity index is 1.47. The van der Waals surface area contributed by atoms with Crippen molar-refractivity contribution in [3.63, 3.8) is 0 Å². The summed E-state index contributed by atoms with van der Waals surface area (Å²) in [5.41, 5.74) is 2.67. The van der Waals surface area contributed by atoms with Crippen molar-refractivity contribution in [1.82, 2.24) is 20.4 Å². The van der Waals surface area contributed by atoms with Gasteiger partial charge in [-0.2, -0.15) is 5.10 Å². The molecule has 2 atom stereocenters. The molecule has 2 unspecified atom stereocenters. The second-order valence-corrected chi connectivity index (χ2v) is 10.5. The molecule has 0 aliphatic carbocycles. The molecule has 3 N–H and O–H groups in total. The zero-order valence-electron chi connectivity index (χ0n) is 22.0. The van der Waals surface area contributed by atoms with E-state index in [1.54, 1.807) is 62.1 Å². The van der Waals surface area contributed by atoms with Crippen molar-refractivity contribution >= 4 is 11.8 Å². The Morgan fingerprint density at radius 3 is 2.58 bits per heavy atom. The molecule has 0 bridgehead atoms. The van der Waals surface area contributed by atoms with Gasteiger partial charge in [-0.05, 0) is 87.6 Å². The lowest BCUT2D eigenvalue weighted by atomic mass is 9.96. The topological polar surface area (TPSA) is 115 Å². The van der Waals surface area contributed by atoms with Gasteiger partial charge in [-0.3, -0.25) is 14.4 Å². The van der Waals surface area contributed by atoms with Crippen LogP contribution in [-0.4, -0.2) is 50.2 Å². The summed E-state index contributed by atoms with van der Waals surface area (Å²) >= 11 is 0. The van der Waals surface area contributed by atoms with Gasteiger partial charge in [0, 0.05) is 17.5 Å². The molecule has 2 heterocycles. The normalized spacial score (nSPS) is 17.5. The largest absolute Gasteiger partial charge is 0.388 e. The highest BCUT2D eigenvalue weighted by molar-refractivity contribution is 5.96. The van der Waals surface area contributed by atoms with Gasteiger partial charge >= 0.3 is 0 Å². The van der Waals surface area contributed by atoms with Crippen LogP contribution in [0.4, 0.5) is 4.39 Å². The summed E-state index contributed by atoms with van der Waals surface area (Å²) in [6, 6.07) is 12.2. The predicted octanol–water partition coefficient (Wildman–Crippen LogP) is 3.35. The lowest BCUT2D eigenvalue weighted by Crippen LogP contribution is -2.51. The molecule has 0 spiro atoms. The first-order valence-electron chi connectivity index (χ1n) is 12.7. The number of hydrogen-bond donors (Lipinski definition) is 3. The van der Waals surface area contributed by atoms with Crippen LogP contribution in [0.25, 0.3) is 0 Å². The van der Waals surface area contributed by atoms with E-state index in [-0.39, 0.29) is 18.0 Å². The van der Waals surface area contributed by atoms with Crippen LogP contribution in [-0.2, 0) is 11.2 Å². The van der Waals surface area contributed by atoms with Gasteiger partial charge in [0.2, 0.25) is 5.91 Å². The highest BCUT2D eigenvalue weighted by atomic mass is 19.1. The second-order valence-electron chi connectivity index (χ2n) is 10.5. The van der Waals surface area contributed by atoms with Crippen molar-refractivity contribution in [2.24, 2.45) is 0 Å². The zero-order valence-corrected chi connectivity index (χ0v) is 22.0. The maximum atomic E-state index is 13.9. The molecule has 200 valence electrons. The van der Waals surface area contributed by atoms with Crippen molar-refractivity contribution in [2.45, 2.75) is 64.6 Å². The van der Waals surface area contributed by atoms with Gasteiger partial charge in [-0.25, -0.2) is 9.49 Å². The number of likely N-dealkylation sites (tertiary alicyclic amines) is 1. The Kier molecular flexibility index (Phi) is 7.78. The number of H-pyrrole nitrogens is 1. The van der Waals surface area contributed by atoms with Gasteiger partial charge in [-0.1, -0.05) is 18.2 Å². The van der Waals surface area contributed by atoms with Crippen molar-refractivity contribution in [1.29, 1.82) is 0 Å². The van der Waals surface area contributed by atoms with Crippen molar-refractivity contribution in [2.75, 3.05) is 6.54 Å². The Morgan fingerprint density at radius 1 is 1.13 bits per heavy atom. The average Bonchev–Trinajstić information content (AvgIpc) is 3.32. The van der Waals surface area contributed by atoms with E-state index in [1.807, 2.05) is 6.92 Å². The molecule has 1 aliphatic heterocycles. The molecule has 2 aromatic carbocycles. The molecular weight excluding hydrogens is 487 g/mol. The standard InChI is InChI=1S/C29H33FN4O4/c1-17-12-21(9-8-19(17)14-22-13-18(2)32-33-28(22)37)27(36)31-16-26(35)34-24(10-11-25(34)29(3,4)38)20-6-5-7-23(30)15-20/h5-9,12-13,15,24-25,38H,10-11,14,16H2,1-4H3,(H,31,36)(H,33,37). The predicted molar refractivity (Wildman–Crippen MR) is 141 cm³/mol. The summed E-state index contributed by atoms with van der Waals surface area (Å²) in [7, 11) is 0. The van der Waals surface area contributed by atoms with Crippen LogP contribution in [0, 0.1) is 19.7 Å². The molecule has 0 saturated carbocycles. The summed E-state index contributed by atoms with van der Waals surface area (Å²) in [6.45, 7) is 6.70. The number of nitrogens with zero attached hydrogens (tertiary/aromatic N) is 2. The van der Waals surface area contributed by atoms with Gasteiger partial charge in [0.25, 0.3) is 11.5 Å². The number of carbonyl (C=O) groups excluding carboxylic acids is 2. The maximum Gasteiger partial charge on any atom is 0.267 e. The maximum absolute atomic E-state index is 13.9. The van der Waals surface area contributed by atoms with Crippen LogP contribution in [0.15, 0.2) is 53.3 Å². The van der Waals surface area contributed by atoms with Gasteiger partial charge in [0.05, 0.1) is 29.9 Å². The molecule has 8 nitrogen and oxygen atoms in total. The molecule has 2 amide bonds. The molecule has 9 heteroatoms. The van der Waals surface area contributed by atoms with Crippen molar-refractivity contribution in [3.8, 4) is 0 Å². The molecule has 4 rings (SSSR count). The lowest BCUT2D eigenvalue weighted by Gasteiger charge is -2.37. The van der Waals surface area contributed by atoms with E-state index in [2.05, 4.69) is 15.5 Å². The number of aryl methyl sites for hydroxylation is 2. The number of halogens is 1. The molecule has 1 fully saturated rings. The first-order valence-corrected chi connectivity index (χ1v) is 12.7. The van der Waals surface area contributed by atoms with E-state index < -0.39 is 29.4 Å². The number of aromatic nitrogens is 2. The van der Waals surface area contributed by atoms with Crippen LogP contribution in [0.2, 0.25) is 0 Å². The zero-order chi connectivity index (χ0) is 27.6. The number of nitrogens with one attached hydrogen (secondary N) is 2. The van der Waals surface area contributed by atoms with Crippen LogP contribution in [0.3, 0.4) is 0 Å². The SMILES string of the molecule is Cc1cc(Cc2ccc(C(=O)NCC(=O)N3C(c4cccc(F)c4)CCC3C(C)(C)O)cc2C)c(=O)[nH]n1. The van der Waals surface area contributed by atoms with E-state index in [4.69, 9.17) is 0 Å². The highest BCUT2D eigenvalue weighted by Gasteiger charge is 2.44. The number of rotatable bonds is 7. The fourth-order valence-corrected chi connectivity index (χ4v) is 5.18. The first-order chi connectivity index (χ1) is 17.9. The summed E-state index contributed by atoms with van der Waals surface area (Å²) in [5.74, 6) is -1.15. The Morgan fingerprint density at radius 2 is 1.89 bits per heavy atom. The number of hydrogen-bond acceptors (Lipinski definition) is 5. The van der Waals surface area contributed by atoms with E-state index >= 15 is 0 Å². The fourth-order valence-electron chi connectivity index (χ4n) is 5.18. The van der Waals surface area contributed by atoms with E-state index in [0.29, 0.717) is 41.6 Å². The molecule has 0 radical (unpaired) electrons. The second kappa shape index (κ2) is 10.9. The van der Waals surface area contributed by atoms with Gasteiger partial charge in [0.15, 0.2) is 0 Å². The molecular formula is C29H33FN4O4. The molecule has 3 aromatic rings. The van der Waals surface area contributed by atoms with Crippen molar-refractivity contribution in [3.05, 3.63) is 98.2 Å². The van der Waals surface area contributed by atoms with E-state index in [0.717, 1.165) is 11.1 Å². The Hall–Kier alpha value is -3.85. The van der Waals surface area contributed by atoms with Crippen LogP contribution in [0.1, 0.15) is 71.0 Å². The number of benzene rings is 2. The smallest absolute Gasteiger partial charge is 0.267 e. The first kappa shape index (κ1) is 27.2. The third-order valence-electron chi connectivity index (χ3n) is 7.12. The van der Waals surface area contributed by atoms with Gasteiger partial charge in [0.1, 0.15) is 5.82 Å². The van der Waals surface area contributed by atoms with Crippen LogP contribution < -0.4 is 10.9 Å². The molecule has 1 aliphatic rings. The summed E-state index contributed by atoms with van der Waals surface area (Å²) in [4.78, 5) is 39.9. The molecule has 1 aromatic heterocycles. The third-order valence-corrected chi connectivity index (χ3v) is 7.12. The third kappa shape index (κ3) is 5.99. The number of carbonyl (C=O) groups is 2. The monoisotopic (exact) mass is 520 g/mol. The minimum absolute atomic E-state index is 0.252. The van der Waals surface area contributed by atoms with Crippen molar-refractivity contribution < 1.29 is 19.1 Å². The van der Waals surface area contributed by atoms with Crippen LogP contribution >= 0.6 is 0 Å². The number of amides is 2. The quantitative estimate of drug-likeness (QED) is 0.442. The lowest BCUT2D eigenvalue weighted by molar-refractivity contribution is -0.138. The minimum atomic E-state index is -1.16. The Labute approximate surface area is 220 Å². The van der Waals surface area contributed by atoms with E-state index in [1.165, 1.54) is 12.1 Å². The number of aliphatic hydroxyl groups is 1. The summed E-state index contributed by atoms with van der Waals surface area (Å²) in [5, 5.41) is 19.8. The minimum Gasteiger partial charge on any atom is -0.388 e.